The molecule has 0 aliphatic carbocycles. The number of benzene rings is 8. The number of anilines is 3. The van der Waals surface area contributed by atoms with Crippen LogP contribution in [0.3, 0.4) is 0 Å². The van der Waals surface area contributed by atoms with Crippen LogP contribution in [0.15, 0.2) is 173 Å². The lowest BCUT2D eigenvalue weighted by molar-refractivity contribution is 0.669. The summed E-state index contributed by atoms with van der Waals surface area (Å²) in [5.74, 6) is 0. The van der Waals surface area contributed by atoms with Gasteiger partial charge in [-0.2, -0.15) is 0 Å². The molecule has 1 aliphatic heterocycles. The lowest BCUT2D eigenvalue weighted by atomic mass is 9.97. The maximum Gasteiger partial charge on any atom is 0.159 e. The van der Waals surface area contributed by atoms with Crippen molar-refractivity contribution in [2.45, 2.75) is 13.1 Å². The van der Waals surface area contributed by atoms with Crippen LogP contribution < -0.4 is 15.3 Å². The molecule has 0 bridgehead atoms. The quantitative estimate of drug-likeness (QED) is 0.173. The van der Waals surface area contributed by atoms with Gasteiger partial charge in [-0.15, -0.1) is 0 Å². The molecule has 0 saturated carbocycles. The third-order valence-corrected chi connectivity index (χ3v) is 14.8. The van der Waals surface area contributed by atoms with E-state index in [1.807, 2.05) is 6.07 Å². The minimum absolute atomic E-state index is 0.878. The monoisotopic (exact) mass is 683 g/mol. The van der Waals surface area contributed by atoms with E-state index in [0.717, 1.165) is 50.2 Å². The Morgan fingerprint density at radius 2 is 1.08 bits per heavy atom. The highest BCUT2D eigenvalue weighted by Gasteiger charge is 2.40. The normalized spacial score (nSPS) is 13.3. The van der Waals surface area contributed by atoms with Crippen molar-refractivity contribution >= 4 is 90.2 Å². The molecular formula is C48H33NO2Si. The summed E-state index contributed by atoms with van der Waals surface area (Å²) in [5.41, 5.74) is 11.8. The first-order valence-corrected chi connectivity index (χ1v) is 20.9. The Balaban J connectivity index is 1.15. The summed E-state index contributed by atoms with van der Waals surface area (Å²) in [7, 11) is -2.11. The van der Waals surface area contributed by atoms with Crippen molar-refractivity contribution < 1.29 is 8.83 Å². The summed E-state index contributed by atoms with van der Waals surface area (Å²) in [6.45, 7) is 4.95. The van der Waals surface area contributed by atoms with Gasteiger partial charge in [0, 0.05) is 38.5 Å². The first-order valence-electron chi connectivity index (χ1n) is 17.9. The second kappa shape index (κ2) is 10.8. The van der Waals surface area contributed by atoms with Crippen molar-refractivity contribution in [3.8, 4) is 22.3 Å². The van der Waals surface area contributed by atoms with Gasteiger partial charge in [-0.3, -0.25) is 0 Å². The van der Waals surface area contributed by atoms with Crippen LogP contribution in [0.25, 0.3) is 76.9 Å². The summed E-state index contributed by atoms with van der Waals surface area (Å²) in [5, 5.41) is 9.90. The Hall–Kier alpha value is -6.36. The van der Waals surface area contributed by atoms with Gasteiger partial charge in [-0.25, -0.2) is 0 Å². The SMILES string of the molecule is C[Si]1(C)c2cc(N(c3cccc(-c4cccc5ccccc45)c3)c3cccc4c3oc3ccccc34)ccc2-c2c1ccc1c2oc2ccccc21. The second-order valence-corrected chi connectivity index (χ2v) is 18.8. The van der Waals surface area contributed by atoms with Crippen LogP contribution in [0.4, 0.5) is 17.1 Å². The summed E-state index contributed by atoms with van der Waals surface area (Å²) in [6.07, 6.45) is 0. The van der Waals surface area contributed by atoms with Crippen molar-refractivity contribution in [1.82, 2.24) is 0 Å². The maximum absolute atomic E-state index is 6.70. The third-order valence-electron chi connectivity index (χ3n) is 11.3. The predicted octanol–water partition coefficient (Wildman–Crippen LogP) is 12.6. The molecule has 0 amide bonds. The van der Waals surface area contributed by atoms with Crippen LogP contribution in [0.2, 0.25) is 13.1 Å². The third kappa shape index (κ3) is 4.13. The molecule has 0 atom stereocenters. The first kappa shape index (κ1) is 29.4. The molecule has 10 aromatic rings. The molecule has 4 heteroatoms. The van der Waals surface area contributed by atoms with E-state index in [9.17, 15) is 0 Å². The van der Waals surface area contributed by atoms with Gasteiger partial charge >= 0.3 is 0 Å². The largest absolute Gasteiger partial charge is 0.455 e. The van der Waals surface area contributed by atoms with E-state index in [0.29, 0.717) is 0 Å². The summed E-state index contributed by atoms with van der Waals surface area (Å²) in [6, 6.07) is 59.1. The molecule has 0 radical (unpaired) electrons. The lowest BCUT2D eigenvalue weighted by Crippen LogP contribution is -2.49. The van der Waals surface area contributed by atoms with E-state index in [1.54, 1.807) is 0 Å². The molecule has 0 spiro atoms. The molecule has 0 saturated heterocycles. The van der Waals surface area contributed by atoms with Gasteiger partial charge < -0.3 is 13.7 Å². The zero-order chi connectivity index (χ0) is 34.6. The highest BCUT2D eigenvalue weighted by molar-refractivity contribution is 7.04. The molecular weight excluding hydrogens is 651 g/mol. The van der Waals surface area contributed by atoms with Gasteiger partial charge in [0.15, 0.2) is 5.58 Å². The van der Waals surface area contributed by atoms with E-state index in [-0.39, 0.29) is 0 Å². The fraction of sp³-hybridized carbons (Fsp3) is 0.0417. The van der Waals surface area contributed by atoms with E-state index >= 15 is 0 Å². The predicted molar refractivity (Wildman–Crippen MR) is 221 cm³/mol. The lowest BCUT2D eigenvalue weighted by Gasteiger charge is -2.28. The fourth-order valence-electron chi connectivity index (χ4n) is 8.75. The summed E-state index contributed by atoms with van der Waals surface area (Å²) in [4.78, 5) is 2.39. The minimum atomic E-state index is -2.11. The molecule has 52 heavy (non-hydrogen) atoms. The number of nitrogens with zero attached hydrogens (tertiary/aromatic N) is 1. The number of hydrogen-bond donors (Lipinski definition) is 0. The highest BCUT2D eigenvalue weighted by Crippen LogP contribution is 2.45. The molecule has 1 aliphatic rings. The highest BCUT2D eigenvalue weighted by atomic mass is 28.3. The van der Waals surface area contributed by atoms with Crippen molar-refractivity contribution in [2.24, 2.45) is 0 Å². The first-order chi connectivity index (χ1) is 25.5. The van der Waals surface area contributed by atoms with E-state index in [2.05, 4.69) is 176 Å². The van der Waals surface area contributed by atoms with Gasteiger partial charge in [0.25, 0.3) is 0 Å². The molecule has 0 unspecified atom stereocenters. The van der Waals surface area contributed by atoms with E-state index in [4.69, 9.17) is 8.83 Å². The number of fused-ring (bicyclic) bond motifs is 11. The number of furan rings is 2. The molecule has 3 nitrogen and oxygen atoms in total. The van der Waals surface area contributed by atoms with E-state index < -0.39 is 8.07 Å². The van der Waals surface area contributed by atoms with Crippen LogP contribution >= 0.6 is 0 Å². The number of hydrogen-bond acceptors (Lipinski definition) is 3. The van der Waals surface area contributed by atoms with Crippen molar-refractivity contribution in [2.75, 3.05) is 4.90 Å². The Bertz CT molecular complexity index is 3070. The zero-order valence-corrected chi connectivity index (χ0v) is 29.9. The van der Waals surface area contributed by atoms with Gasteiger partial charge in [0.05, 0.1) is 5.69 Å². The number of rotatable bonds is 4. The molecule has 0 N–H and O–H groups in total. The zero-order valence-electron chi connectivity index (χ0n) is 28.9. The Kier molecular flexibility index (Phi) is 6.11. The van der Waals surface area contributed by atoms with Crippen LogP contribution in [-0.4, -0.2) is 8.07 Å². The molecule has 2 aromatic heterocycles. The van der Waals surface area contributed by atoms with Crippen LogP contribution in [0, 0.1) is 0 Å². The van der Waals surface area contributed by atoms with Crippen LogP contribution in [0.5, 0.6) is 0 Å². The van der Waals surface area contributed by atoms with Gasteiger partial charge in [0.2, 0.25) is 0 Å². The van der Waals surface area contributed by atoms with Gasteiger partial charge in [-0.05, 0) is 80.3 Å². The average molecular weight is 684 g/mol. The second-order valence-electron chi connectivity index (χ2n) is 14.5. The van der Waals surface area contributed by atoms with Crippen molar-refractivity contribution in [1.29, 1.82) is 0 Å². The number of para-hydroxylation sites is 3. The topological polar surface area (TPSA) is 29.5 Å². The van der Waals surface area contributed by atoms with Crippen molar-refractivity contribution in [3.05, 3.63) is 164 Å². The average Bonchev–Trinajstić information content (AvgIpc) is 3.83. The molecule has 0 fully saturated rings. The molecule has 8 aromatic carbocycles. The molecule has 246 valence electrons. The van der Waals surface area contributed by atoms with Crippen LogP contribution in [-0.2, 0) is 0 Å². The van der Waals surface area contributed by atoms with Crippen molar-refractivity contribution in [3.63, 3.8) is 0 Å². The standard InChI is InChI=1S/C48H33NO2Si/c1-52(2)44-27-26-39-37-18-6-8-23-43(37)51-48(39)46(44)40-25-24-33(29-45(40)52)49(41-21-11-20-38-36-17-5-7-22-42(36)50-47(38)41)32-15-9-14-31(28-32)35-19-10-13-30-12-3-4-16-34(30)35/h3-29H,1-2H3. The fourth-order valence-corrected chi connectivity index (χ4v) is 11.8. The van der Waals surface area contributed by atoms with Gasteiger partial charge in [-0.1, -0.05) is 134 Å². The van der Waals surface area contributed by atoms with Gasteiger partial charge in [0.1, 0.15) is 24.8 Å². The van der Waals surface area contributed by atoms with Crippen LogP contribution in [0.1, 0.15) is 0 Å². The Labute approximate surface area is 302 Å². The summed E-state index contributed by atoms with van der Waals surface area (Å²) < 4.78 is 13.3. The van der Waals surface area contributed by atoms with E-state index in [1.165, 1.54) is 54.2 Å². The molecule has 3 heterocycles. The summed E-state index contributed by atoms with van der Waals surface area (Å²) >= 11 is 0. The maximum atomic E-state index is 6.70. The minimum Gasteiger partial charge on any atom is -0.455 e. The molecule has 11 rings (SSSR count). The Morgan fingerprint density at radius 1 is 0.442 bits per heavy atom. The smallest absolute Gasteiger partial charge is 0.159 e. The Morgan fingerprint density at radius 3 is 1.90 bits per heavy atom.